The Balaban J connectivity index is 1.69. The number of carboxylic acids is 1. The van der Waals surface area contributed by atoms with Gasteiger partial charge in [-0.05, 0) is 53.0 Å². The van der Waals surface area contributed by atoms with Crippen molar-refractivity contribution in [3.8, 4) is 0 Å². The van der Waals surface area contributed by atoms with Crippen molar-refractivity contribution < 1.29 is 28.9 Å². The van der Waals surface area contributed by atoms with Crippen molar-refractivity contribution in [3.63, 3.8) is 0 Å². The number of aliphatic hydroxyl groups is 1. The molecular formula is C25H32FN3O6. The van der Waals surface area contributed by atoms with Crippen LogP contribution in [0.3, 0.4) is 0 Å². The number of carbonyl (C=O) groups is 2. The highest BCUT2D eigenvalue weighted by Crippen LogP contribution is 2.39. The second-order valence-electron chi connectivity index (χ2n) is 10.5. The van der Waals surface area contributed by atoms with Crippen LogP contribution < -0.4 is 15.6 Å². The van der Waals surface area contributed by atoms with Gasteiger partial charge in [0.1, 0.15) is 17.0 Å². The minimum absolute atomic E-state index is 0.0454. The monoisotopic (exact) mass is 489 g/mol. The lowest BCUT2D eigenvalue weighted by Crippen LogP contribution is -2.49. The molecule has 0 aliphatic carbocycles. The predicted octanol–water partition coefficient (Wildman–Crippen LogP) is 3.06. The number of nitrogens with one attached hydrogen (secondary N) is 1. The maximum absolute atomic E-state index is 15.6. The summed E-state index contributed by atoms with van der Waals surface area (Å²) in [6, 6.07) is 1.09. The molecule has 1 saturated heterocycles. The van der Waals surface area contributed by atoms with Crippen molar-refractivity contribution >= 4 is 28.7 Å². The van der Waals surface area contributed by atoms with Crippen molar-refractivity contribution in [1.29, 1.82) is 0 Å². The molecular weight excluding hydrogens is 457 g/mol. The lowest BCUT2D eigenvalue weighted by atomic mass is 9.90. The topological polar surface area (TPSA) is 121 Å². The number of carboxylic acid groups (broad SMARTS) is 1. The molecule has 3 heterocycles. The fourth-order valence-electron chi connectivity index (χ4n) is 5.08. The Morgan fingerprint density at radius 2 is 2.00 bits per heavy atom. The SMILES string of the molecule is CC1CCc2c(N3CC[C@H](O)C(CNC(=O)OC(C)(C)C)C3)c(F)cc3c(=O)c(C(=O)O)cn1c23. The Morgan fingerprint density at radius 3 is 2.66 bits per heavy atom. The third-order valence-electron chi connectivity index (χ3n) is 6.77. The molecule has 0 bridgehead atoms. The van der Waals surface area contributed by atoms with E-state index >= 15 is 4.39 Å². The van der Waals surface area contributed by atoms with Crippen LogP contribution in [0.4, 0.5) is 14.9 Å². The number of aryl methyl sites for hydroxylation is 1. The number of aliphatic hydroxyl groups excluding tert-OH is 1. The van der Waals surface area contributed by atoms with Gasteiger partial charge in [0.2, 0.25) is 5.43 Å². The number of aromatic nitrogens is 1. The number of hydrogen-bond acceptors (Lipinski definition) is 6. The molecule has 0 radical (unpaired) electrons. The highest BCUT2D eigenvalue weighted by Gasteiger charge is 2.34. The number of pyridine rings is 1. The van der Waals surface area contributed by atoms with Crippen molar-refractivity contribution in [2.24, 2.45) is 5.92 Å². The van der Waals surface area contributed by atoms with E-state index in [-0.39, 0.29) is 29.5 Å². The molecule has 1 aromatic carbocycles. The summed E-state index contributed by atoms with van der Waals surface area (Å²) in [5.74, 6) is -2.28. The average Bonchev–Trinajstić information content (AvgIpc) is 2.75. The molecule has 2 unspecified atom stereocenters. The average molecular weight is 490 g/mol. The first-order chi connectivity index (χ1) is 16.4. The third-order valence-corrected chi connectivity index (χ3v) is 6.77. The van der Waals surface area contributed by atoms with Crippen LogP contribution in [0.25, 0.3) is 10.9 Å². The molecule has 190 valence electrons. The first-order valence-electron chi connectivity index (χ1n) is 11.9. The molecule has 3 atom stereocenters. The van der Waals surface area contributed by atoms with Gasteiger partial charge in [0.15, 0.2) is 0 Å². The highest BCUT2D eigenvalue weighted by molar-refractivity contribution is 5.95. The number of piperidine rings is 1. The number of anilines is 1. The zero-order valence-corrected chi connectivity index (χ0v) is 20.4. The van der Waals surface area contributed by atoms with Crippen LogP contribution in [0.2, 0.25) is 0 Å². The second kappa shape index (κ2) is 9.14. The molecule has 9 nitrogen and oxygen atoms in total. The maximum Gasteiger partial charge on any atom is 0.407 e. The number of alkyl carbamates (subject to hydrolysis) is 1. The van der Waals surface area contributed by atoms with Crippen molar-refractivity contribution in [2.45, 2.75) is 64.7 Å². The molecule has 0 saturated carbocycles. The van der Waals surface area contributed by atoms with E-state index in [0.29, 0.717) is 49.1 Å². The van der Waals surface area contributed by atoms with Gasteiger partial charge in [-0.2, -0.15) is 0 Å². The van der Waals surface area contributed by atoms with E-state index in [1.807, 2.05) is 11.8 Å². The number of hydrogen-bond donors (Lipinski definition) is 3. The number of halogens is 1. The maximum atomic E-state index is 15.6. The highest BCUT2D eigenvalue weighted by atomic mass is 19.1. The standard InChI is InChI=1S/C25H32FN3O6/c1-13-5-6-15-20-16(22(31)17(23(32)33)12-29(13)20)9-18(26)21(15)28-8-7-19(30)14(11-28)10-27-24(34)35-25(2,3)4/h9,12-14,19,30H,5-8,10-11H2,1-4H3,(H,27,34)(H,32,33)/t13?,14?,19-/m0/s1. The molecule has 10 heteroatoms. The largest absolute Gasteiger partial charge is 0.477 e. The fraction of sp³-hybridized carbons (Fsp3) is 0.560. The summed E-state index contributed by atoms with van der Waals surface area (Å²) >= 11 is 0. The summed E-state index contributed by atoms with van der Waals surface area (Å²) in [5.41, 5.74) is -0.121. The van der Waals surface area contributed by atoms with Gasteiger partial charge >= 0.3 is 12.1 Å². The van der Waals surface area contributed by atoms with Gasteiger partial charge in [0.05, 0.1) is 17.3 Å². The third kappa shape index (κ3) is 4.84. The second-order valence-corrected chi connectivity index (χ2v) is 10.5. The van der Waals surface area contributed by atoms with Crippen LogP contribution >= 0.6 is 0 Å². The Bertz CT molecular complexity index is 1230. The van der Waals surface area contributed by atoms with E-state index < -0.39 is 35.0 Å². The first-order valence-corrected chi connectivity index (χ1v) is 11.9. The number of ether oxygens (including phenoxy) is 1. The van der Waals surface area contributed by atoms with E-state index in [1.165, 1.54) is 6.20 Å². The fourth-order valence-corrected chi connectivity index (χ4v) is 5.08. The van der Waals surface area contributed by atoms with E-state index in [4.69, 9.17) is 4.74 Å². The Hall–Kier alpha value is -3.14. The van der Waals surface area contributed by atoms with Crippen molar-refractivity contribution in [1.82, 2.24) is 9.88 Å². The van der Waals surface area contributed by atoms with Crippen LogP contribution in [-0.4, -0.2) is 58.2 Å². The Morgan fingerprint density at radius 1 is 1.29 bits per heavy atom. The summed E-state index contributed by atoms with van der Waals surface area (Å²) in [6.07, 6.45) is 1.70. The zero-order chi connectivity index (χ0) is 25.7. The lowest BCUT2D eigenvalue weighted by molar-refractivity contribution is 0.0467. The predicted molar refractivity (Wildman–Crippen MR) is 129 cm³/mol. The molecule has 1 aromatic heterocycles. The van der Waals surface area contributed by atoms with Gasteiger partial charge < -0.3 is 29.7 Å². The molecule has 1 fully saturated rings. The summed E-state index contributed by atoms with van der Waals surface area (Å²) in [4.78, 5) is 38.4. The summed E-state index contributed by atoms with van der Waals surface area (Å²) in [7, 11) is 0. The number of nitrogens with zero attached hydrogens (tertiary/aromatic N) is 2. The number of amides is 1. The smallest absolute Gasteiger partial charge is 0.407 e. The van der Waals surface area contributed by atoms with E-state index in [0.717, 1.165) is 6.07 Å². The Kier molecular flexibility index (Phi) is 6.52. The van der Waals surface area contributed by atoms with Crippen LogP contribution in [0.15, 0.2) is 17.1 Å². The van der Waals surface area contributed by atoms with Crippen LogP contribution in [0.5, 0.6) is 0 Å². The molecule has 4 rings (SSSR count). The molecule has 2 aromatic rings. The van der Waals surface area contributed by atoms with Crippen molar-refractivity contribution in [2.75, 3.05) is 24.5 Å². The molecule has 2 aliphatic rings. The van der Waals surface area contributed by atoms with Gasteiger partial charge in [-0.15, -0.1) is 0 Å². The normalized spacial score (nSPS) is 22.2. The molecule has 1 amide bonds. The van der Waals surface area contributed by atoms with E-state index in [1.54, 1.807) is 25.3 Å². The summed E-state index contributed by atoms with van der Waals surface area (Å²) < 4.78 is 22.6. The van der Waals surface area contributed by atoms with Gasteiger partial charge in [0, 0.05) is 48.7 Å². The zero-order valence-electron chi connectivity index (χ0n) is 20.4. The van der Waals surface area contributed by atoms with Crippen molar-refractivity contribution in [3.05, 3.63) is 39.4 Å². The minimum atomic E-state index is -1.34. The van der Waals surface area contributed by atoms with Gasteiger partial charge in [0.25, 0.3) is 0 Å². The quantitative estimate of drug-likeness (QED) is 0.604. The number of aromatic carboxylic acids is 1. The van der Waals surface area contributed by atoms with E-state index in [9.17, 15) is 24.6 Å². The van der Waals surface area contributed by atoms with Crippen LogP contribution in [0, 0.1) is 11.7 Å². The molecule has 2 aliphatic heterocycles. The molecule has 0 spiro atoms. The number of benzene rings is 1. The number of carbonyl (C=O) groups excluding carboxylic acids is 1. The van der Waals surface area contributed by atoms with Gasteiger partial charge in [-0.3, -0.25) is 4.79 Å². The Labute approximate surface area is 202 Å². The van der Waals surface area contributed by atoms with E-state index in [2.05, 4.69) is 5.32 Å². The lowest BCUT2D eigenvalue weighted by Gasteiger charge is -2.40. The van der Waals surface area contributed by atoms with Crippen LogP contribution in [-0.2, 0) is 11.2 Å². The molecule has 35 heavy (non-hydrogen) atoms. The number of rotatable bonds is 4. The van der Waals surface area contributed by atoms with Gasteiger partial charge in [-0.1, -0.05) is 0 Å². The molecule has 3 N–H and O–H groups in total. The van der Waals surface area contributed by atoms with Crippen LogP contribution in [0.1, 0.15) is 62.5 Å². The summed E-state index contributed by atoms with van der Waals surface area (Å²) in [5, 5.41) is 22.8. The van der Waals surface area contributed by atoms with Gasteiger partial charge in [-0.25, -0.2) is 14.0 Å². The minimum Gasteiger partial charge on any atom is -0.477 e. The summed E-state index contributed by atoms with van der Waals surface area (Å²) in [6.45, 7) is 8.11. The first kappa shape index (κ1) is 25.0.